The summed E-state index contributed by atoms with van der Waals surface area (Å²) in [6.45, 7) is 4.42. The van der Waals surface area contributed by atoms with Crippen LogP contribution in [0.25, 0.3) is 0 Å². The summed E-state index contributed by atoms with van der Waals surface area (Å²) in [6, 6.07) is 2.26. The van der Waals surface area contributed by atoms with Crippen LogP contribution in [0.15, 0.2) is 23.1 Å². The van der Waals surface area contributed by atoms with Gasteiger partial charge in [-0.15, -0.1) is 0 Å². The molecule has 1 aromatic carbocycles. The number of rotatable bonds is 5. The predicted molar refractivity (Wildman–Crippen MR) is 108 cm³/mol. The molecule has 0 bridgehead atoms. The summed E-state index contributed by atoms with van der Waals surface area (Å²) in [5.74, 6) is -0.0426. The average molecular weight is 484 g/mol. The van der Waals surface area contributed by atoms with E-state index in [1.54, 1.807) is 4.90 Å². The van der Waals surface area contributed by atoms with Crippen LogP contribution in [0.2, 0.25) is 5.02 Å². The highest BCUT2D eigenvalue weighted by Gasteiger charge is 2.36. The molecule has 0 saturated carbocycles. The summed E-state index contributed by atoms with van der Waals surface area (Å²) in [7, 11) is -4.20. The second-order valence-corrected chi connectivity index (χ2v) is 9.88. The van der Waals surface area contributed by atoms with Gasteiger partial charge in [0.25, 0.3) is 0 Å². The van der Waals surface area contributed by atoms with E-state index in [-0.39, 0.29) is 36.7 Å². The van der Waals surface area contributed by atoms with Crippen molar-refractivity contribution in [3.63, 3.8) is 0 Å². The molecule has 0 radical (unpaired) electrons. The van der Waals surface area contributed by atoms with E-state index in [0.717, 1.165) is 22.9 Å². The van der Waals surface area contributed by atoms with E-state index in [9.17, 15) is 26.4 Å². The van der Waals surface area contributed by atoms with Gasteiger partial charge in [0.2, 0.25) is 15.9 Å². The van der Waals surface area contributed by atoms with Crippen molar-refractivity contribution in [3.05, 3.63) is 28.8 Å². The SMILES string of the molecule is CCC1CN(C(=O)CN2CCN(S(=O)(=O)c3cc(C(F)(F)F)ccc3Cl)CC2)CCO1. The zero-order valence-electron chi connectivity index (χ0n) is 17.1. The van der Waals surface area contributed by atoms with Crippen molar-refractivity contribution in [1.29, 1.82) is 0 Å². The number of piperazine rings is 1. The van der Waals surface area contributed by atoms with E-state index >= 15 is 0 Å². The Morgan fingerprint density at radius 3 is 2.48 bits per heavy atom. The van der Waals surface area contributed by atoms with Crippen molar-refractivity contribution >= 4 is 27.5 Å². The summed E-state index contributed by atoms with van der Waals surface area (Å²) in [5, 5.41) is -0.261. The van der Waals surface area contributed by atoms with Crippen LogP contribution in [0.3, 0.4) is 0 Å². The lowest BCUT2D eigenvalue weighted by Crippen LogP contribution is -2.53. The summed E-state index contributed by atoms with van der Waals surface area (Å²) in [5.41, 5.74) is -1.07. The lowest BCUT2D eigenvalue weighted by Gasteiger charge is -2.37. The Morgan fingerprint density at radius 2 is 1.87 bits per heavy atom. The average Bonchev–Trinajstić information content (AvgIpc) is 2.73. The van der Waals surface area contributed by atoms with Gasteiger partial charge in [-0.3, -0.25) is 9.69 Å². The zero-order chi connectivity index (χ0) is 22.8. The Hall–Kier alpha value is -1.40. The van der Waals surface area contributed by atoms with Crippen LogP contribution >= 0.6 is 11.6 Å². The molecular formula is C19H25ClF3N3O4S. The number of benzene rings is 1. The number of carbonyl (C=O) groups is 1. The van der Waals surface area contributed by atoms with Gasteiger partial charge in [0.05, 0.1) is 29.8 Å². The molecule has 0 aliphatic carbocycles. The van der Waals surface area contributed by atoms with Gasteiger partial charge in [-0.25, -0.2) is 8.42 Å². The van der Waals surface area contributed by atoms with E-state index in [1.807, 2.05) is 11.8 Å². The van der Waals surface area contributed by atoms with Crippen LogP contribution in [-0.2, 0) is 25.7 Å². The minimum absolute atomic E-state index is 0.0249. The van der Waals surface area contributed by atoms with Crippen LogP contribution in [0, 0.1) is 0 Å². The number of nitrogens with zero attached hydrogens (tertiary/aromatic N) is 3. The third-order valence-electron chi connectivity index (χ3n) is 5.51. The highest BCUT2D eigenvalue weighted by Crippen LogP contribution is 2.34. The predicted octanol–water partition coefficient (Wildman–Crippen LogP) is 2.30. The zero-order valence-corrected chi connectivity index (χ0v) is 18.6. The molecule has 0 spiro atoms. The maximum absolute atomic E-state index is 13.0. The molecule has 12 heteroatoms. The largest absolute Gasteiger partial charge is 0.416 e. The molecule has 2 heterocycles. The highest BCUT2D eigenvalue weighted by atomic mass is 35.5. The van der Waals surface area contributed by atoms with Crippen molar-refractivity contribution in [2.45, 2.75) is 30.5 Å². The van der Waals surface area contributed by atoms with Gasteiger partial charge in [-0.2, -0.15) is 17.5 Å². The molecule has 1 unspecified atom stereocenters. The lowest BCUT2D eigenvalue weighted by molar-refractivity contribution is -0.140. The standard InChI is InChI=1S/C19H25ClF3N3O4S/c1-2-15-12-25(9-10-30-15)18(27)13-24-5-7-26(8-6-24)31(28,29)17-11-14(19(21,22)23)3-4-16(17)20/h3-4,11,15H,2,5-10,12-13H2,1H3. The van der Waals surface area contributed by atoms with Gasteiger partial charge < -0.3 is 9.64 Å². The molecular weight excluding hydrogens is 459 g/mol. The minimum Gasteiger partial charge on any atom is -0.375 e. The highest BCUT2D eigenvalue weighted by molar-refractivity contribution is 7.89. The van der Waals surface area contributed by atoms with Crippen molar-refractivity contribution in [1.82, 2.24) is 14.1 Å². The first-order valence-corrected chi connectivity index (χ1v) is 11.8. The maximum atomic E-state index is 13.0. The number of halogens is 4. The number of alkyl halides is 3. The fourth-order valence-corrected chi connectivity index (χ4v) is 5.55. The number of hydrogen-bond donors (Lipinski definition) is 0. The first-order valence-electron chi connectivity index (χ1n) is 10.0. The summed E-state index contributed by atoms with van der Waals surface area (Å²) < 4.78 is 71.5. The van der Waals surface area contributed by atoms with Crippen LogP contribution < -0.4 is 0 Å². The lowest BCUT2D eigenvalue weighted by atomic mass is 10.2. The number of ether oxygens (including phenoxy) is 1. The third kappa shape index (κ3) is 5.70. The van der Waals surface area contributed by atoms with Gasteiger partial charge in [0, 0.05) is 39.3 Å². The molecule has 0 N–H and O–H groups in total. The number of sulfonamides is 1. The fourth-order valence-electron chi connectivity index (χ4n) is 3.63. The Kier molecular flexibility index (Phi) is 7.52. The molecule has 7 nitrogen and oxygen atoms in total. The Labute approximate surface area is 184 Å². The summed E-state index contributed by atoms with van der Waals surface area (Å²) >= 11 is 5.91. The van der Waals surface area contributed by atoms with Crippen molar-refractivity contribution in [2.24, 2.45) is 0 Å². The number of carbonyl (C=O) groups excluding carboxylic acids is 1. The van der Waals surface area contributed by atoms with E-state index in [4.69, 9.17) is 16.3 Å². The molecule has 31 heavy (non-hydrogen) atoms. The quantitative estimate of drug-likeness (QED) is 0.643. The van der Waals surface area contributed by atoms with Crippen LogP contribution in [-0.4, -0.2) is 87.0 Å². The van der Waals surface area contributed by atoms with Gasteiger partial charge in [-0.1, -0.05) is 18.5 Å². The second-order valence-electron chi connectivity index (χ2n) is 7.56. The van der Waals surface area contributed by atoms with E-state index in [1.165, 1.54) is 0 Å². The Bertz CT molecular complexity index is 905. The molecule has 2 fully saturated rings. The van der Waals surface area contributed by atoms with E-state index in [2.05, 4.69) is 0 Å². The summed E-state index contributed by atoms with van der Waals surface area (Å²) in [6.07, 6.45) is -3.83. The third-order valence-corrected chi connectivity index (χ3v) is 7.89. The molecule has 2 aliphatic rings. The molecule has 2 aliphatic heterocycles. The monoisotopic (exact) mass is 483 g/mol. The Morgan fingerprint density at radius 1 is 1.19 bits per heavy atom. The topological polar surface area (TPSA) is 70.2 Å². The number of amides is 1. The van der Waals surface area contributed by atoms with Gasteiger partial charge in [0.15, 0.2) is 0 Å². The van der Waals surface area contributed by atoms with Gasteiger partial charge >= 0.3 is 6.18 Å². The first kappa shape index (κ1) is 24.2. The molecule has 1 amide bonds. The Balaban J connectivity index is 1.62. The molecule has 1 atom stereocenters. The van der Waals surface area contributed by atoms with Crippen molar-refractivity contribution < 1.29 is 31.1 Å². The molecule has 0 aromatic heterocycles. The van der Waals surface area contributed by atoms with E-state index < -0.39 is 26.7 Å². The molecule has 1 aromatic rings. The summed E-state index contributed by atoms with van der Waals surface area (Å²) in [4.78, 5) is 15.6. The molecule has 3 rings (SSSR count). The molecule has 2 saturated heterocycles. The first-order chi connectivity index (χ1) is 14.5. The second kappa shape index (κ2) is 9.62. The maximum Gasteiger partial charge on any atom is 0.416 e. The smallest absolute Gasteiger partial charge is 0.375 e. The fraction of sp³-hybridized carbons (Fsp3) is 0.632. The van der Waals surface area contributed by atoms with Gasteiger partial charge in [-0.05, 0) is 24.6 Å². The minimum atomic E-state index is -4.68. The van der Waals surface area contributed by atoms with Crippen LogP contribution in [0.4, 0.5) is 13.2 Å². The van der Waals surface area contributed by atoms with Crippen LogP contribution in [0.1, 0.15) is 18.9 Å². The number of morpholine rings is 1. The normalized spacial score (nSPS) is 22.0. The molecule has 174 valence electrons. The van der Waals surface area contributed by atoms with Crippen molar-refractivity contribution in [2.75, 3.05) is 52.4 Å². The van der Waals surface area contributed by atoms with Crippen molar-refractivity contribution in [3.8, 4) is 0 Å². The van der Waals surface area contributed by atoms with Gasteiger partial charge in [0.1, 0.15) is 4.90 Å². The van der Waals surface area contributed by atoms with Crippen LogP contribution in [0.5, 0.6) is 0 Å². The van der Waals surface area contributed by atoms with E-state index in [0.29, 0.717) is 38.9 Å². The number of hydrogen-bond acceptors (Lipinski definition) is 5.